The van der Waals surface area contributed by atoms with Crippen molar-refractivity contribution in [3.8, 4) is 22.8 Å². The zero-order valence-electron chi connectivity index (χ0n) is 15.7. The number of carbonyl (C=O) groups excluding carboxylic acids is 1. The van der Waals surface area contributed by atoms with Gasteiger partial charge in [-0.3, -0.25) is 4.79 Å². The van der Waals surface area contributed by atoms with Gasteiger partial charge in [0, 0.05) is 11.1 Å². The van der Waals surface area contributed by atoms with E-state index in [0.717, 1.165) is 0 Å². The number of nitrogens with zero attached hydrogens (tertiary/aromatic N) is 6. The monoisotopic (exact) mass is 404 g/mol. The molecule has 11 nitrogen and oxygen atoms in total. The molecule has 0 atom stereocenters. The lowest BCUT2D eigenvalue weighted by Crippen LogP contribution is -2.21. The van der Waals surface area contributed by atoms with Crippen molar-refractivity contribution in [2.75, 3.05) is 5.73 Å². The number of phenolic OH excluding ortho intramolecular Hbond substituents is 1. The molecule has 4 N–H and O–H groups in total. The van der Waals surface area contributed by atoms with Gasteiger partial charge in [0.25, 0.3) is 5.91 Å². The van der Waals surface area contributed by atoms with Gasteiger partial charge in [0.1, 0.15) is 11.4 Å². The lowest BCUT2D eigenvalue weighted by molar-refractivity contribution is 0.0950. The van der Waals surface area contributed by atoms with Crippen LogP contribution >= 0.6 is 0 Å². The average Bonchev–Trinajstić information content (AvgIpc) is 3.38. The minimum Gasteiger partial charge on any atom is -0.507 e. The second-order valence-corrected chi connectivity index (χ2v) is 6.19. The molecule has 30 heavy (non-hydrogen) atoms. The molecule has 150 valence electrons. The van der Waals surface area contributed by atoms with Crippen molar-refractivity contribution in [3.05, 3.63) is 65.9 Å². The Bertz CT molecular complexity index is 1230. The quantitative estimate of drug-likeness (QED) is 0.335. The van der Waals surface area contributed by atoms with Crippen LogP contribution in [0.25, 0.3) is 17.1 Å². The average molecular weight is 404 g/mol. The van der Waals surface area contributed by atoms with E-state index in [9.17, 15) is 9.90 Å². The van der Waals surface area contributed by atoms with E-state index in [1.165, 1.54) is 10.7 Å². The Kier molecular flexibility index (Phi) is 4.91. The molecule has 0 aliphatic heterocycles. The number of nitrogens with two attached hydrogens (primary N) is 1. The van der Waals surface area contributed by atoms with Crippen LogP contribution in [0.2, 0.25) is 0 Å². The molecule has 11 heteroatoms. The molecule has 0 bridgehead atoms. The molecule has 0 aliphatic rings. The maximum atomic E-state index is 12.8. The van der Waals surface area contributed by atoms with Gasteiger partial charge in [0.2, 0.25) is 11.6 Å². The van der Waals surface area contributed by atoms with Crippen LogP contribution in [0, 0.1) is 0 Å². The van der Waals surface area contributed by atoms with E-state index in [2.05, 4.69) is 35.8 Å². The number of hydrazone groups is 1. The Morgan fingerprint density at radius 3 is 2.57 bits per heavy atom. The van der Waals surface area contributed by atoms with Crippen LogP contribution < -0.4 is 11.2 Å². The molecular weight excluding hydrogens is 388 g/mol. The number of nitrogen functional groups attached to an aromatic ring is 1. The number of rotatable bonds is 5. The summed E-state index contributed by atoms with van der Waals surface area (Å²) in [6.07, 6.45) is 0. The molecule has 4 aromatic rings. The number of hydrogen-bond acceptors (Lipinski definition) is 9. The molecule has 0 aliphatic carbocycles. The Balaban J connectivity index is 1.71. The number of amides is 1. The van der Waals surface area contributed by atoms with Crippen molar-refractivity contribution in [1.29, 1.82) is 0 Å². The molecule has 2 aromatic carbocycles. The molecule has 1 amide bonds. The fourth-order valence-electron chi connectivity index (χ4n) is 2.80. The third kappa shape index (κ3) is 3.46. The second kappa shape index (κ2) is 7.83. The number of phenols is 1. The molecule has 2 heterocycles. The fraction of sp³-hybridized carbons (Fsp3) is 0.0526. The zero-order valence-corrected chi connectivity index (χ0v) is 15.7. The van der Waals surface area contributed by atoms with Crippen molar-refractivity contribution in [2.45, 2.75) is 6.92 Å². The number of benzene rings is 2. The Hall–Kier alpha value is -4.54. The second-order valence-electron chi connectivity index (χ2n) is 6.19. The number of carbonyl (C=O) groups is 1. The Morgan fingerprint density at radius 2 is 1.87 bits per heavy atom. The van der Waals surface area contributed by atoms with Crippen LogP contribution in [0.5, 0.6) is 5.75 Å². The molecule has 0 fully saturated rings. The maximum absolute atomic E-state index is 12.8. The van der Waals surface area contributed by atoms with Gasteiger partial charge >= 0.3 is 0 Å². The van der Waals surface area contributed by atoms with E-state index in [1.54, 1.807) is 49.4 Å². The smallest absolute Gasteiger partial charge is 0.294 e. The first-order valence-electron chi connectivity index (χ1n) is 8.78. The lowest BCUT2D eigenvalue weighted by Gasteiger charge is -2.06. The van der Waals surface area contributed by atoms with E-state index in [1.807, 2.05) is 6.07 Å². The van der Waals surface area contributed by atoms with Crippen LogP contribution in [0.15, 0.2) is 64.3 Å². The minimum absolute atomic E-state index is 0.00235. The summed E-state index contributed by atoms with van der Waals surface area (Å²) in [5, 5.41) is 29.2. The summed E-state index contributed by atoms with van der Waals surface area (Å²) in [4.78, 5) is 12.8. The number of nitrogens with one attached hydrogen (secondary N) is 1. The molecule has 0 radical (unpaired) electrons. The van der Waals surface area contributed by atoms with Crippen molar-refractivity contribution < 1.29 is 14.5 Å². The summed E-state index contributed by atoms with van der Waals surface area (Å²) in [5.74, 6) is -0.449. The van der Waals surface area contributed by atoms with E-state index in [4.69, 9.17) is 5.73 Å². The van der Waals surface area contributed by atoms with Gasteiger partial charge in [-0.25, -0.2) is 10.1 Å². The maximum Gasteiger partial charge on any atom is 0.294 e. The summed E-state index contributed by atoms with van der Waals surface area (Å²) < 4.78 is 5.91. The largest absolute Gasteiger partial charge is 0.507 e. The van der Waals surface area contributed by atoms with Crippen LogP contribution in [-0.2, 0) is 0 Å². The van der Waals surface area contributed by atoms with Crippen LogP contribution in [0.4, 0.5) is 5.82 Å². The highest BCUT2D eigenvalue weighted by molar-refractivity contribution is 6.03. The van der Waals surface area contributed by atoms with Crippen LogP contribution in [0.1, 0.15) is 23.0 Å². The first-order valence-corrected chi connectivity index (χ1v) is 8.78. The molecule has 2 aromatic heterocycles. The summed E-state index contributed by atoms with van der Waals surface area (Å²) in [6, 6.07) is 15.7. The van der Waals surface area contributed by atoms with Crippen LogP contribution in [-0.4, -0.2) is 42.0 Å². The molecular formula is C19H16N8O3. The summed E-state index contributed by atoms with van der Waals surface area (Å²) in [7, 11) is 0. The molecule has 0 unspecified atom stereocenters. The molecule has 0 saturated carbocycles. The van der Waals surface area contributed by atoms with Crippen molar-refractivity contribution in [1.82, 2.24) is 30.7 Å². The fourth-order valence-corrected chi connectivity index (χ4v) is 2.80. The van der Waals surface area contributed by atoms with E-state index in [0.29, 0.717) is 22.5 Å². The van der Waals surface area contributed by atoms with E-state index in [-0.39, 0.29) is 23.1 Å². The minimum atomic E-state index is -0.607. The van der Waals surface area contributed by atoms with Crippen LogP contribution in [0.3, 0.4) is 0 Å². The Labute approximate surface area is 169 Å². The van der Waals surface area contributed by atoms with E-state index >= 15 is 0 Å². The number of para-hydroxylation sites is 1. The normalized spacial score (nSPS) is 11.4. The van der Waals surface area contributed by atoms with Gasteiger partial charge in [0.05, 0.1) is 5.71 Å². The molecule has 4 rings (SSSR count). The summed E-state index contributed by atoms with van der Waals surface area (Å²) in [5.41, 5.74) is 10.1. The van der Waals surface area contributed by atoms with Crippen molar-refractivity contribution >= 4 is 17.4 Å². The predicted octanol–water partition coefficient (Wildman–Crippen LogP) is 1.76. The van der Waals surface area contributed by atoms with E-state index < -0.39 is 5.91 Å². The third-order valence-corrected chi connectivity index (χ3v) is 4.25. The lowest BCUT2D eigenvalue weighted by atomic mass is 10.1. The van der Waals surface area contributed by atoms with Gasteiger partial charge in [0.15, 0.2) is 5.69 Å². The number of aromatic hydroxyl groups is 1. The number of hydrogen-bond donors (Lipinski definition) is 3. The summed E-state index contributed by atoms with van der Waals surface area (Å²) in [6.45, 7) is 1.66. The first kappa shape index (κ1) is 18.8. The SMILES string of the molecule is C/C(=N\NC(=O)c1nnn(-c2nonc2N)c1-c1ccccc1)c1ccccc1O. The van der Waals surface area contributed by atoms with Gasteiger partial charge in [-0.2, -0.15) is 9.78 Å². The highest BCUT2D eigenvalue weighted by atomic mass is 16.6. The first-order chi connectivity index (χ1) is 14.6. The standard InChI is InChI=1S/C19H16N8O3/c1-11(13-9-5-6-10-14(13)28)21-23-19(29)15-16(12-7-3-2-4-8-12)27(26-22-15)18-17(20)24-30-25-18/h2-10,28H,1H3,(H2,20,24)(H,23,29)/b21-11+. The van der Waals surface area contributed by atoms with Crippen molar-refractivity contribution in [2.24, 2.45) is 5.10 Å². The number of aromatic nitrogens is 5. The summed E-state index contributed by atoms with van der Waals surface area (Å²) >= 11 is 0. The molecule has 0 saturated heterocycles. The third-order valence-electron chi connectivity index (χ3n) is 4.25. The van der Waals surface area contributed by atoms with Gasteiger partial charge in [-0.05, 0) is 29.4 Å². The zero-order chi connectivity index (χ0) is 21.1. The van der Waals surface area contributed by atoms with Crippen molar-refractivity contribution in [3.63, 3.8) is 0 Å². The van der Waals surface area contributed by atoms with Gasteiger partial charge < -0.3 is 10.8 Å². The highest BCUT2D eigenvalue weighted by Gasteiger charge is 2.25. The Morgan fingerprint density at radius 1 is 1.13 bits per heavy atom. The van der Waals surface area contributed by atoms with Gasteiger partial charge in [-0.1, -0.05) is 47.7 Å². The number of anilines is 1. The molecule has 0 spiro atoms. The predicted molar refractivity (Wildman–Crippen MR) is 107 cm³/mol. The van der Waals surface area contributed by atoms with Gasteiger partial charge in [-0.15, -0.1) is 5.10 Å². The highest BCUT2D eigenvalue weighted by Crippen LogP contribution is 2.26. The topological polar surface area (TPSA) is 157 Å².